The number of halogens is 3. The van der Waals surface area contributed by atoms with Gasteiger partial charge < -0.3 is 20.5 Å². The van der Waals surface area contributed by atoms with Crippen LogP contribution in [-0.4, -0.2) is 35.5 Å². The van der Waals surface area contributed by atoms with Gasteiger partial charge in [0.2, 0.25) is 0 Å². The van der Waals surface area contributed by atoms with Crippen molar-refractivity contribution in [2.45, 2.75) is 32.4 Å². The summed E-state index contributed by atoms with van der Waals surface area (Å²) in [5.41, 5.74) is 5.76. The zero-order chi connectivity index (χ0) is 25.8. The lowest BCUT2D eigenvalue weighted by Crippen LogP contribution is -2.25. The lowest BCUT2D eigenvalue weighted by molar-refractivity contribution is 0.0669. The number of nitrogens with one attached hydrogen (secondary N) is 1. The van der Waals surface area contributed by atoms with Crippen molar-refractivity contribution in [2.24, 2.45) is 0 Å². The summed E-state index contributed by atoms with van der Waals surface area (Å²) in [7, 11) is 0. The van der Waals surface area contributed by atoms with Gasteiger partial charge in [-0.2, -0.15) is 10.4 Å². The van der Waals surface area contributed by atoms with Gasteiger partial charge in [-0.25, -0.2) is 17.9 Å². The number of hydrogen-bond acceptors (Lipinski definition) is 6. The molecule has 2 heterocycles. The number of nitrogen functional groups attached to an aromatic ring is 1. The van der Waals surface area contributed by atoms with Crippen LogP contribution in [0, 0.1) is 28.8 Å². The van der Waals surface area contributed by atoms with E-state index in [1.807, 2.05) is 6.07 Å². The van der Waals surface area contributed by atoms with Crippen LogP contribution in [0.1, 0.15) is 47.3 Å². The number of ether oxygens (including phenoxy) is 2. The molecule has 0 saturated carbocycles. The van der Waals surface area contributed by atoms with Crippen LogP contribution in [0.5, 0.6) is 5.75 Å². The van der Waals surface area contributed by atoms with Gasteiger partial charge in [-0.15, -0.1) is 0 Å². The molecule has 2 aromatic carbocycles. The standard InChI is InChI=1S/C25H24F3N5O3/c1-2-36-22-4-3-15(26)11-17(22)25(34)31-13-19-20(27)9-14(10-21(19)28)23-18(12-29)24(30)33(32-23)16-5-7-35-8-6-16/h3-4,9-11,16H,2,5-8,13,30H2,1H3,(H,31,34). The third-order valence-corrected chi connectivity index (χ3v) is 5.92. The third kappa shape index (κ3) is 4.99. The summed E-state index contributed by atoms with van der Waals surface area (Å²) in [4.78, 5) is 12.6. The smallest absolute Gasteiger partial charge is 0.255 e. The van der Waals surface area contributed by atoms with Crippen molar-refractivity contribution in [1.82, 2.24) is 15.1 Å². The van der Waals surface area contributed by atoms with Crippen LogP contribution in [-0.2, 0) is 11.3 Å². The molecule has 0 atom stereocenters. The summed E-state index contributed by atoms with van der Waals surface area (Å²) in [6, 6.07) is 7.39. The lowest BCUT2D eigenvalue weighted by atomic mass is 10.0. The monoisotopic (exact) mass is 499 g/mol. The molecule has 3 N–H and O–H groups in total. The molecule has 0 spiro atoms. The molecule has 1 aliphatic rings. The SMILES string of the molecule is CCOc1ccc(F)cc1C(=O)NCc1c(F)cc(-c2nn(C3CCOCC3)c(N)c2C#N)cc1F. The molecule has 36 heavy (non-hydrogen) atoms. The predicted molar refractivity (Wildman–Crippen MR) is 125 cm³/mol. The van der Waals surface area contributed by atoms with Gasteiger partial charge in [-0.1, -0.05) is 0 Å². The highest BCUT2D eigenvalue weighted by Crippen LogP contribution is 2.33. The van der Waals surface area contributed by atoms with Crippen LogP contribution >= 0.6 is 0 Å². The lowest BCUT2D eigenvalue weighted by Gasteiger charge is -2.23. The van der Waals surface area contributed by atoms with E-state index < -0.39 is 35.5 Å². The first-order valence-electron chi connectivity index (χ1n) is 11.4. The van der Waals surface area contributed by atoms with E-state index in [2.05, 4.69) is 10.4 Å². The average molecular weight is 499 g/mol. The van der Waals surface area contributed by atoms with Crippen molar-refractivity contribution in [1.29, 1.82) is 5.26 Å². The molecule has 1 aromatic heterocycles. The van der Waals surface area contributed by atoms with Crippen LogP contribution in [0.3, 0.4) is 0 Å². The quantitative estimate of drug-likeness (QED) is 0.506. The van der Waals surface area contributed by atoms with Crippen molar-refractivity contribution in [3.63, 3.8) is 0 Å². The Labute approximate surface area is 205 Å². The summed E-state index contributed by atoms with van der Waals surface area (Å²) in [6.45, 7) is 2.49. The van der Waals surface area contributed by atoms with Crippen LogP contribution < -0.4 is 15.8 Å². The molecule has 3 aromatic rings. The number of rotatable bonds is 7. The van der Waals surface area contributed by atoms with Gasteiger partial charge in [-0.3, -0.25) is 4.79 Å². The fourth-order valence-corrected chi connectivity index (χ4v) is 4.10. The van der Waals surface area contributed by atoms with Crippen molar-refractivity contribution in [2.75, 3.05) is 25.6 Å². The fourth-order valence-electron chi connectivity index (χ4n) is 4.10. The summed E-state index contributed by atoms with van der Waals surface area (Å²) in [5.74, 6) is -3.03. The maximum Gasteiger partial charge on any atom is 0.255 e. The predicted octanol–water partition coefficient (Wildman–Crippen LogP) is 4.10. The summed E-state index contributed by atoms with van der Waals surface area (Å²) >= 11 is 0. The molecule has 4 rings (SSSR count). The highest BCUT2D eigenvalue weighted by Gasteiger charge is 2.25. The van der Waals surface area contributed by atoms with E-state index >= 15 is 0 Å². The Morgan fingerprint density at radius 1 is 1.25 bits per heavy atom. The fraction of sp³-hybridized carbons (Fsp3) is 0.320. The van der Waals surface area contributed by atoms with Crippen LogP contribution in [0.4, 0.5) is 19.0 Å². The molecule has 1 saturated heterocycles. The molecule has 1 aliphatic heterocycles. The maximum atomic E-state index is 15.0. The molecule has 1 amide bonds. The number of carbonyl (C=O) groups is 1. The normalized spacial score (nSPS) is 13.9. The Balaban J connectivity index is 1.59. The molecule has 0 aliphatic carbocycles. The molecular weight excluding hydrogens is 475 g/mol. The second-order valence-electron chi connectivity index (χ2n) is 8.18. The molecular formula is C25H24F3N5O3. The minimum atomic E-state index is -0.947. The molecule has 11 heteroatoms. The Kier molecular flexibility index (Phi) is 7.45. The number of carbonyl (C=O) groups excluding carboxylic acids is 1. The van der Waals surface area contributed by atoms with Crippen molar-refractivity contribution in [3.05, 3.63) is 64.5 Å². The Bertz CT molecular complexity index is 1310. The Hall–Kier alpha value is -4.04. The third-order valence-electron chi connectivity index (χ3n) is 5.92. The largest absolute Gasteiger partial charge is 0.493 e. The second-order valence-corrected chi connectivity index (χ2v) is 8.18. The summed E-state index contributed by atoms with van der Waals surface area (Å²) in [5, 5.41) is 16.4. The number of benzene rings is 2. The number of nitriles is 1. The van der Waals surface area contributed by atoms with E-state index in [0.29, 0.717) is 26.1 Å². The van der Waals surface area contributed by atoms with E-state index in [-0.39, 0.29) is 46.6 Å². The first kappa shape index (κ1) is 25.1. The number of hydrogen-bond donors (Lipinski definition) is 2. The van der Waals surface area contributed by atoms with Crippen LogP contribution in [0.15, 0.2) is 30.3 Å². The zero-order valence-electron chi connectivity index (χ0n) is 19.5. The van der Waals surface area contributed by atoms with Gasteiger partial charge >= 0.3 is 0 Å². The number of amides is 1. The topological polar surface area (TPSA) is 115 Å². The first-order chi connectivity index (χ1) is 17.3. The van der Waals surface area contributed by atoms with Gasteiger partial charge in [0.1, 0.15) is 46.3 Å². The maximum absolute atomic E-state index is 15.0. The molecule has 0 radical (unpaired) electrons. The van der Waals surface area contributed by atoms with E-state index in [0.717, 1.165) is 24.3 Å². The van der Waals surface area contributed by atoms with E-state index in [1.165, 1.54) is 10.7 Å². The number of nitrogens with zero attached hydrogens (tertiary/aromatic N) is 3. The Morgan fingerprint density at radius 3 is 2.58 bits per heavy atom. The number of anilines is 1. The van der Waals surface area contributed by atoms with Gasteiger partial charge in [0.15, 0.2) is 0 Å². The van der Waals surface area contributed by atoms with Gasteiger partial charge in [0, 0.05) is 30.9 Å². The summed E-state index contributed by atoms with van der Waals surface area (Å²) < 4.78 is 55.8. The second kappa shape index (κ2) is 10.7. The van der Waals surface area contributed by atoms with Gasteiger partial charge in [0.25, 0.3) is 5.91 Å². The van der Waals surface area contributed by atoms with Gasteiger partial charge in [-0.05, 0) is 50.1 Å². The molecule has 188 valence electrons. The molecule has 0 unspecified atom stereocenters. The van der Waals surface area contributed by atoms with Crippen molar-refractivity contribution >= 4 is 11.7 Å². The first-order valence-corrected chi connectivity index (χ1v) is 11.4. The Morgan fingerprint density at radius 2 is 1.94 bits per heavy atom. The summed E-state index contributed by atoms with van der Waals surface area (Å²) in [6.07, 6.45) is 1.29. The van der Waals surface area contributed by atoms with Crippen molar-refractivity contribution in [3.8, 4) is 23.1 Å². The molecule has 8 nitrogen and oxygen atoms in total. The minimum absolute atomic E-state index is 0.0240. The van der Waals surface area contributed by atoms with Crippen LogP contribution in [0.25, 0.3) is 11.3 Å². The molecule has 0 bridgehead atoms. The van der Waals surface area contributed by atoms with E-state index in [4.69, 9.17) is 15.2 Å². The highest BCUT2D eigenvalue weighted by atomic mass is 19.1. The van der Waals surface area contributed by atoms with E-state index in [9.17, 15) is 23.2 Å². The average Bonchev–Trinajstić information content (AvgIpc) is 3.21. The number of aromatic nitrogens is 2. The van der Waals surface area contributed by atoms with E-state index in [1.54, 1.807) is 6.92 Å². The van der Waals surface area contributed by atoms with Crippen molar-refractivity contribution < 1.29 is 27.4 Å². The number of nitrogens with two attached hydrogens (primary N) is 1. The highest BCUT2D eigenvalue weighted by molar-refractivity contribution is 5.96. The molecule has 1 fully saturated rings. The minimum Gasteiger partial charge on any atom is -0.493 e. The van der Waals surface area contributed by atoms with Gasteiger partial charge in [0.05, 0.1) is 18.2 Å². The zero-order valence-corrected chi connectivity index (χ0v) is 19.5. The van der Waals surface area contributed by atoms with Crippen LogP contribution in [0.2, 0.25) is 0 Å².